The van der Waals surface area contributed by atoms with Gasteiger partial charge in [0, 0.05) is 19.3 Å². The molecule has 0 N–H and O–H groups in total. The molecule has 0 saturated carbocycles. The molecule has 0 spiro atoms. The van der Waals surface area contributed by atoms with E-state index in [0.29, 0.717) is 19.3 Å². The van der Waals surface area contributed by atoms with Crippen LogP contribution in [0.5, 0.6) is 0 Å². The Balaban J connectivity index is 4.25. The van der Waals surface area contributed by atoms with Crippen molar-refractivity contribution in [3.05, 3.63) is 109 Å². The van der Waals surface area contributed by atoms with Crippen LogP contribution in [0.4, 0.5) is 0 Å². The highest BCUT2D eigenvalue weighted by atomic mass is 16.6. The Morgan fingerprint density at radius 1 is 0.273 bits per heavy atom. The van der Waals surface area contributed by atoms with Gasteiger partial charge in [-0.2, -0.15) is 0 Å². The number of hydrogen-bond donors (Lipinski definition) is 0. The van der Waals surface area contributed by atoms with Crippen LogP contribution in [0.1, 0.15) is 303 Å². The van der Waals surface area contributed by atoms with Crippen molar-refractivity contribution in [2.75, 3.05) is 13.2 Å². The van der Waals surface area contributed by atoms with E-state index >= 15 is 0 Å². The number of unbranched alkanes of at least 4 members (excludes halogenated alkanes) is 29. The minimum Gasteiger partial charge on any atom is -0.462 e. The van der Waals surface area contributed by atoms with Crippen molar-refractivity contribution in [1.82, 2.24) is 0 Å². The minimum absolute atomic E-state index is 0.0851. The number of carbonyl (C=O) groups is 3. The Bertz CT molecular complexity index is 1560. The van der Waals surface area contributed by atoms with Crippen LogP contribution in [0.2, 0.25) is 0 Å². The topological polar surface area (TPSA) is 78.9 Å². The van der Waals surface area contributed by atoms with Gasteiger partial charge in [-0.15, -0.1) is 0 Å². The first kappa shape index (κ1) is 73.1. The van der Waals surface area contributed by atoms with Gasteiger partial charge < -0.3 is 14.2 Å². The summed E-state index contributed by atoms with van der Waals surface area (Å²) < 4.78 is 16.9. The van der Waals surface area contributed by atoms with E-state index in [2.05, 4.69) is 130 Å². The fourth-order valence-corrected chi connectivity index (χ4v) is 8.87. The lowest BCUT2D eigenvalue weighted by Gasteiger charge is -2.18. The molecular weight excluding hydrogens is 949 g/mol. The molecule has 6 nitrogen and oxygen atoms in total. The van der Waals surface area contributed by atoms with Crippen LogP contribution in [0.15, 0.2) is 109 Å². The molecule has 0 aromatic heterocycles. The first-order chi connectivity index (χ1) is 38.0. The monoisotopic (exact) mass is 1070 g/mol. The van der Waals surface area contributed by atoms with Crippen molar-refractivity contribution < 1.29 is 28.6 Å². The second-order valence-corrected chi connectivity index (χ2v) is 21.3. The average Bonchev–Trinajstić information content (AvgIpc) is 3.43. The summed E-state index contributed by atoms with van der Waals surface area (Å²) in [5.41, 5.74) is 0. The normalized spacial score (nSPS) is 12.8. The average molecular weight is 1070 g/mol. The molecule has 1 atom stereocenters. The molecule has 0 aliphatic heterocycles. The molecule has 6 heteroatoms. The van der Waals surface area contributed by atoms with Crippen LogP contribution >= 0.6 is 0 Å². The van der Waals surface area contributed by atoms with Crippen molar-refractivity contribution in [3.63, 3.8) is 0 Å². The van der Waals surface area contributed by atoms with Crippen LogP contribution in [-0.2, 0) is 28.6 Å². The molecule has 0 aromatic carbocycles. The Kier molecular flexibility index (Phi) is 61.3. The molecule has 440 valence electrons. The van der Waals surface area contributed by atoms with Gasteiger partial charge in [0.1, 0.15) is 13.2 Å². The van der Waals surface area contributed by atoms with Crippen molar-refractivity contribution in [1.29, 1.82) is 0 Å². The molecular formula is C71H120O6. The summed E-state index contributed by atoms with van der Waals surface area (Å²) in [6.07, 6.45) is 88.1. The number of allylic oxidation sites excluding steroid dienone is 18. The lowest BCUT2D eigenvalue weighted by Crippen LogP contribution is -2.30. The van der Waals surface area contributed by atoms with Crippen molar-refractivity contribution >= 4 is 17.9 Å². The van der Waals surface area contributed by atoms with Gasteiger partial charge in [-0.1, -0.05) is 271 Å². The Hall–Kier alpha value is -3.93. The van der Waals surface area contributed by atoms with E-state index in [-0.39, 0.29) is 31.1 Å². The van der Waals surface area contributed by atoms with Crippen LogP contribution in [-0.4, -0.2) is 37.2 Å². The molecule has 0 aliphatic carbocycles. The first-order valence-electron chi connectivity index (χ1n) is 32.4. The van der Waals surface area contributed by atoms with E-state index in [4.69, 9.17) is 14.2 Å². The highest BCUT2D eigenvalue weighted by Gasteiger charge is 2.19. The lowest BCUT2D eigenvalue weighted by molar-refractivity contribution is -0.167. The summed E-state index contributed by atoms with van der Waals surface area (Å²) in [7, 11) is 0. The predicted octanol–water partition coefficient (Wildman–Crippen LogP) is 22.2. The number of carbonyl (C=O) groups excluding carboxylic acids is 3. The molecule has 1 unspecified atom stereocenters. The number of rotatable bonds is 58. The van der Waals surface area contributed by atoms with Gasteiger partial charge in [-0.3, -0.25) is 14.4 Å². The zero-order valence-corrected chi connectivity index (χ0v) is 50.4. The summed E-state index contributed by atoms with van der Waals surface area (Å²) in [6, 6.07) is 0. The third kappa shape index (κ3) is 62.8. The van der Waals surface area contributed by atoms with E-state index < -0.39 is 6.10 Å². The molecule has 0 amide bonds. The molecule has 0 aliphatic rings. The maximum Gasteiger partial charge on any atom is 0.306 e. The van der Waals surface area contributed by atoms with Crippen molar-refractivity contribution in [2.45, 2.75) is 309 Å². The largest absolute Gasteiger partial charge is 0.462 e. The zero-order valence-electron chi connectivity index (χ0n) is 50.4. The summed E-state index contributed by atoms with van der Waals surface area (Å²) in [5.74, 6) is -0.898. The molecule has 0 saturated heterocycles. The third-order valence-electron chi connectivity index (χ3n) is 13.7. The predicted molar refractivity (Wildman–Crippen MR) is 334 cm³/mol. The van der Waals surface area contributed by atoms with Crippen LogP contribution < -0.4 is 0 Å². The van der Waals surface area contributed by atoms with Crippen molar-refractivity contribution in [2.24, 2.45) is 0 Å². The molecule has 0 rings (SSSR count). The highest BCUT2D eigenvalue weighted by Crippen LogP contribution is 2.15. The second-order valence-electron chi connectivity index (χ2n) is 21.3. The standard InChI is InChI=1S/C71H120O6/c1-4-7-10-13-16-19-22-24-26-28-29-30-31-32-33-34-35-36-37-38-39-40-41-43-44-46-49-52-55-58-61-64-70(73)76-67-68(66-75-69(72)63-60-57-54-51-48-21-18-15-12-9-6-3)77-71(74)65-62-59-56-53-50-47-45-42-27-25-23-20-17-14-11-8-5-2/h7,10,15-16,18-19,24-27,29-30,32-33,35-36,38-39,68H,4-6,8-9,11-14,17,20-23,28,31,34,37,40-67H2,1-3H3/b10-7-,18-15-,19-16-,26-24-,27-25-,30-29-,33-32-,36-35-,39-38-. The molecule has 0 bridgehead atoms. The van der Waals surface area contributed by atoms with Gasteiger partial charge in [-0.05, 0) is 122 Å². The second kappa shape index (κ2) is 64.6. The molecule has 0 heterocycles. The van der Waals surface area contributed by atoms with Crippen LogP contribution in [0.3, 0.4) is 0 Å². The van der Waals surface area contributed by atoms with E-state index in [1.165, 1.54) is 148 Å². The molecule has 0 aromatic rings. The van der Waals surface area contributed by atoms with Gasteiger partial charge in [0.2, 0.25) is 0 Å². The molecule has 0 radical (unpaired) electrons. The van der Waals surface area contributed by atoms with Gasteiger partial charge in [0.05, 0.1) is 0 Å². The van der Waals surface area contributed by atoms with Gasteiger partial charge in [0.15, 0.2) is 6.10 Å². The lowest BCUT2D eigenvalue weighted by atomic mass is 10.1. The Labute approximate surface area is 476 Å². The Morgan fingerprint density at radius 3 is 0.844 bits per heavy atom. The van der Waals surface area contributed by atoms with Crippen molar-refractivity contribution in [3.8, 4) is 0 Å². The van der Waals surface area contributed by atoms with E-state index in [1.54, 1.807) is 0 Å². The summed E-state index contributed by atoms with van der Waals surface area (Å²) in [5, 5.41) is 0. The minimum atomic E-state index is -0.787. The maximum absolute atomic E-state index is 12.9. The molecule has 0 fully saturated rings. The smallest absolute Gasteiger partial charge is 0.306 e. The summed E-state index contributed by atoms with van der Waals surface area (Å²) >= 11 is 0. The van der Waals surface area contributed by atoms with E-state index in [1.807, 2.05) is 0 Å². The maximum atomic E-state index is 12.9. The quantitative estimate of drug-likeness (QED) is 0.0261. The fourth-order valence-electron chi connectivity index (χ4n) is 8.87. The third-order valence-corrected chi connectivity index (χ3v) is 13.7. The van der Waals surface area contributed by atoms with Gasteiger partial charge >= 0.3 is 17.9 Å². The van der Waals surface area contributed by atoms with Gasteiger partial charge in [0.25, 0.3) is 0 Å². The van der Waals surface area contributed by atoms with E-state index in [9.17, 15) is 14.4 Å². The SMILES string of the molecule is CC/C=C\C/C=C\C/C=C\C/C=C\C/C=C\C/C=C\C/C=C\CCCCCCCCCCCC(=O)OCC(COC(=O)CCCCCCC/C=C\CCCC)OC(=O)CCCCCCCCC/C=C\CCCCCCCC. The number of ether oxygens (including phenoxy) is 3. The highest BCUT2D eigenvalue weighted by molar-refractivity contribution is 5.71. The number of hydrogen-bond acceptors (Lipinski definition) is 6. The Morgan fingerprint density at radius 2 is 0.519 bits per heavy atom. The summed E-state index contributed by atoms with van der Waals surface area (Å²) in [6.45, 7) is 6.48. The fraction of sp³-hybridized carbons (Fsp3) is 0.704. The zero-order chi connectivity index (χ0) is 55.7. The molecule has 77 heavy (non-hydrogen) atoms. The summed E-state index contributed by atoms with van der Waals surface area (Å²) in [4.78, 5) is 38.2. The number of esters is 3. The van der Waals surface area contributed by atoms with Gasteiger partial charge in [-0.25, -0.2) is 0 Å². The first-order valence-corrected chi connectivity index (χ1v) is 32.4. The van der Waals surface area contributed by atoms with Crippen LogP contribution in [0.25, 0.3) is 0 Å². The van der Waals surface area contributed by atoms with Crippen LogP contribution in [0, 0.1) is 0 Å². The van der Waals surface area contributed by atoms with E-state index in [0.717, 1.165) is 116 Å².